The molecule has 1 amide bonds. The van der Waals surface area contributed by atoms with E-state index in [0.29, 0.717) is 19.8 Å². The van der Waals surface area contributed by atoms with Gasteiger partial charge in [0.05, 0.1) is 31.9 Å². The van der Waals surface area contributed by atoms with Gasteiger partial charge in [-0.3, -0.25) is 10.1 Å². The van der Waals surface area contributed by atoms with Gasteiger partial charge in [-0.05, 0) is 0 Å². The van der Waals surface area contributed by atoms with Crippen molar-refractivity contribution in [1.29, 1.82) is 0 Å². The van der Waals surface area contributed by atoms with Gasteiger partial charge in [-0.2, -0.15) is 0 Å². The third-order valence-electron chi connectivity index (χ3n) is 2.74. The van der Waals surface area contributed by atoms with Crippen LogP contribution in [0.1, 0.15) is 0 Å². The van der Waals surface area contributed by atoms with Crippen molar-refractivity contribution in [2.24, 2.45) is 0 Å². The Kier molecular flexibility index (Phi) is 3.85. The van der Waals surface area contributed by atoms with Crippen LogP contribution in [0.2, 0.25) is 0 Å². The lowest BCUT2D eigenvalue weighted by Gasteiger charge is -2.35. The Balaban J connectivity index is 1.96. The number of hydrogen-bond acceptors (Lipinski definition) is 5. The van der Waals surface area contributed by atoms with Gasteiger partial charge in [0, 0.05) is 18.2 Å². The van der Waals surface area contributed by atoms with Crippen molar-refractivity contribution < 1.29 is 14.6 Å². The highest BCUT2D eigenvalue weighted by Crippen LogP contribution is 2.15. The number of morpholine rings is 1. The van der Waals surface area contributed by atoms with Crippen LogP contribution in [0.5, 0.6) is 0 Å². The molecule has 15 heavy (non-hydrogen) atoms. The molecule has 2 fully saturated rings. The lowest BCUT2D eigenvalue weighted by molar-refractivity contribution is -0.143. The fourth-order valence-corrected chi connectivity index (χ4v) is 2.78. The first-order valence-electron chi connectivity index (χ1n) is 5.13. The third kappa shape index (κ3) is 2.44. The maximum Gasteiger partial charge on any atom is 0.241 e. The molecule has 0 bridgehead atoms. The van der Waals surface area contributed by atoms with Crippen molar-refractivity contribution in [1.82, 2.24) is 10.2 Å². The first-order valence-corrected chi connectivity index (χ1v) is 6.28. The van der Waals surface area contributed by atoms with E-state index in [4.69, 9.17) is 9.84 Å². The van der Waals surface area contributed by atoms with Crippen LogP contribution in [0.15, 0.2) is 0 Å². The zero-order valence-corrected chi connectivity index (χ0v) is 9.33. The summed E-state index contributed by atoms with van der Waals surface area (Å²) in [6.45, 7) is 1.59. The summed E-state index contributed by atoms with van der Waals surface area (Å²) >= 11 is 1.73. The molecule has 5 nitrogen and oxygen atoms in total. The number of ether oxygens (including phenoxy) is 1. The fraction of sp³-hybridized carbons (Fsp3) is 0.889. The molecule has 2 rings (SSSR count). The number of nitrogens with one attached hydrogen (secondary N) is 1. The van der Waals surface area contributed by atoms with Crippen molar-refractivity contribution in [2.75, 3.05) is 38.0 Å². The molecule has 2 aliphatic heterocycles. The van der Waals surface area contributed by atoms with Crippen LogP contribution in [-0.2, 0) is 9.53 Å². The highest BCUT2D eigenvalue weighted by atomic mass is 32.2. The Bertz CT molecular complexity index is 233. The molecule has 2 aliphatic rings. The molecular formula is C9H16N2O3S. The summed E-state index contributed by atoms with van der Waals surface area (Å²) in [5, 5.41) is 12.3. The molecule has 0 saturated carbocycles. The summed E-state index contributed by atoms with van der Waals surface area (Å²) in [7, 11) is 0. The molecule has 2 unspecified atom stereocenters. The van der Waals surface area contributed by atoms with Gasteiger partial charge >= 0.3 is 0 Å². The largest absolute Gasteiger partial charge is 0.394 e. The Morgan fingerprint density at radius 3 is 3.20 bits per heavy atom. The van der Waals surface area contributed by atoms with Gasteiger partial charge in [0.25, 0.3) is 0 Å². The van der Waals surface area contributed by atoms with Crippen molar-refractivity contribution >= 4 is 17.7 Å². The number of aliphatic hydroxyl groups excluding tert-OH is 1. The highest BCUT2D eigenvalue weighted by molar-refractivity contribution is 7.99. The van der Waals surface area contributed by atoms with E-state index in [2.05, 4.69) is 5.32 Å². The van der Waals surface area contributed by atoms with E-state index < -0.39 is 0 Å². The summed E-state index contributed by atoms with van der Waals surface area (Å²) in [6, 6.07) is -0.249. The zero-order valence-electron chi connectivity index (χ0n) is 8.52. The van der Waals surface area contributed by atoms with Crippen molar-refractivity contribution in [3.63, 3.8) is 0 Å². The number of carbonyl (C=O) groups excluding carboxylic acids is 1. The second kappa shape index (κ2) is 5.16. The third-order valence-corrected chi connectivity index (χ3v) is 3.68. The van der Waals surface area contributed by atoms with Gasteiger partial charge < -0.3 is 14.7 Å². The Morgan fingerprint density at radius 1 is 1.67 bits per heavy atom. The van der Waals surface area contributed by atoms with E-state index in [9.17, 15) is 4.79 Å². The number of hydrogen-bond donors (Lipinski definition) is 2. The number of thioether (sulfide) groups is 1. The molecule has 0 radical (unpaired) electrons. The maximum absolute atomic E-state index is 12.1. The number of nitrogens with zero attached hydrogens (tertiary/aromatic N) is 1. The quantitative estimate of drug-likeness (QED) is 0.631. The average Bonchev–Trinajstić information content (AvgIpc) is 2.81. The van der Waals surface area contributed by atoms with Crippen molar-refractivity contribution in [2.45, 2.75) is 12.1 Å². The van der Waals surface area contributed by atoms with Crippen LogP contribution in [-0.4, -0.2) is 66.0 Å². The van der Waals surface area contributed by atoms with E-state index >= 15 is 0 Å². The predicted octanol–water partition coefficient (Wildman–Crippen LogP) is -1.13. The molecular weight excluding hydrogens is 216 g/mol. The summed E-state index contributed by atoms with van der Waals surface area (Å²) in [4.78, 5) is 13.8. The Labute approximate surface area is 93.1 Å². The number of rotatable bonds is 2. The topological polar surface area (TPSA) is 61.8 Å². The molecule has 2 heterocycles. The number of carbonyl (C=O) groups is 1. The van der Waals surface area contributed by atoms with Crippen LogP contribution in [0.4, 0.5) is 0 Å². The molecule has 2 N–H and O–H groups in total. The minimum absolute atomic E-state index is 0.0222. The van der Waals surface area contributed by atoms with Crippen LogP contribution in [0, 0.1) is 0 Å². The lowest BCUT2D eigenvalue weighted by Crippen LogP contribution is -2.55. The summed E-state index contributed by atoms with van der Waals surface area (Å²) in [5.74, 6) is 1.76. The van der Waals surface area contributed by atoms with Crippen LogP contribution >= 0.6 is 11.8 Å². The molecule has 0 spiro atoms. The van der Waals surface area contributed by atoms with Crippen molar-refractivity contribution in [3.05, 3.63) is 0 Å². The van der Waals surface area contributed by atoms with E-state index in [1.165, 1.54) is 0 Å². The van der Waals surface area contributed by atoms with E-state index in [0.717, 1.165) is 11.6 Å². The first kappa shape index (κ1) is 11.2. The molecule has 2 atom stereocenters. The summed E-state index contributed by atoms with van der Waals surface area (Å²) < 4.78 is 5.24. The van der Waals surface area contributed by atoms with Crippen LogP contribution in [0.25, 0.3) is 0 Å². The molecule has 0 aromatic carbocycles. The van der Waals surface area contributed by atoms with Gasteiger partial charge in [-0.15, -0.1) is 11.8 Å². The van der Waals surface area contributed by atoms with E-state index in [-0.39, 0.29) is 24.6 Å². The zero-order chi connectivity index (χ0) is 10.7. The Hall–Kier alpha value is -0.300. The predicted molar refractivity (Wildman–Crippen MR) is 57.7 cm³/mol. The maximum atomic E-state index is 12.1. The van der Waals surface area contributed by atoms with E-state index in [1.54, 1.807) is 16.7 Å². The fourth-order valence-electron chi connectivity index (χ4n) is 1.85. The lowest BCUT2D eigenvalue weighted by atomic mass is 10.2. The molecule has 2 saturated heterocycles. The van der Waals surface area contributed by atoms with Gasteiger partial charge in [0.15, 0.2) is 0 Å². The smallest absolute Gasteiger partial charge is 0.241 e. The van der Waals surface area contributed by atoms with Gasteiger partial charge in [-0.1, -0.05) is 0 Å². The van der Waals surface area contributed by atoms with Crippen LogP contribution in [0.3, 0.4) is 0 Å². The molecule has 0 aliphatic carbocycles. The SMILES string of the molecule is O=C(C1CSCN1)N1CCOCC1CO. The minimum atomic E-state index is -0.168. The first-order chi connectivity index (χ1) is 7.33. The molecule has 86 valence electrons. The monoisotopic (exact) mass is 232 g/mol. The van der Waals surface area contributed by atoms with Crippen LogP contribution < -0.4 is 5.32 Å². The van der Waals surface area contributed by atoms with Gasteiger partial charge in [-0.25, -0.2) is 0 Å². The van der Waals surface area contributed by atoms with Crippen molar-refractivity contribution in [3.8, 4) is 0 Å². The minimum Gasteiger partial charge on any atom is -0.394 e. The second-order valence-corrected chi connectivity index (χ2v) is 4.75. The standard InChI is InChI=1S/C9H16N2O3S/c12-3-7-4-14-2-1-11(7)9(13)8-5-15-6-10-8/h7-8,10,12H,1-6H2. The second-order valence-electron chi connectivity index (χ2n) is 3.71. The normalized spacial score (nSPS) is 31.9. The average molecular weight is 232 g/mol. The molecule has 0 aromatic rings. The van der Waals surface area contributed by atoms with Gasteiger partial charge in [0.2, 0.25) is 5.91 Å². The summed E-state index contributed by atoms with van der Waals surface area (Å²) in [5.41, 5.74) is 0. The highest BCUT2D eigenvalue weighted by Gasteiger charge is 2.32. The molecule has 6 heteroatoms. The Morgan fingerprint density at radius 2 is 2.53 bits per heavy atom. The summed E-state index contributed by atoms with van der Waals surface area (Å²) in [6.07, 6.45) is 0. The molecule has 0 aromatic heterocycles. The van der Waals surface area contributed by atoms with Gasteiger partial charge in [0.1, 0.15) is 0 Å². The number of aliphatic hydroxyl groups is 1. The van der Waals surface area contributed by atoms with E-state index in [1.807, 2.05) is 0 Å². The number of amides is 1.